The van der Waals surface area contributed by atoms with Crippen molar-refractivity contribution in [3.05, 3.63) is 35.4 Å². The van der Waals surface area contributed by atoms with E-state index in [4.69, 9.17) is 5.11 Å². The third kappa shape index (κ3) is 5.42. The Morgan fingerprint density at radius 1 is 1.05 bits per heavy atom. The van der Waals surface area contributed by atoms with E-state index in [9.17, 15) is 5.11 Å². The molecule has 1 fully saturated rings. The van der Waals surface area contributed by atoms with E-state index >= 15 is 0 Å². The van der Waals surface area contributed by atoms with Gasteiger partial charge in [-0.1, -0.05) is 43.5 Å². The minimum Gasteiger partial charge on any atom is -0.396 e. The molecule has 1 aromatic rings. The first-order chi connectivity index (χ1) is 10.3. The molecule has 0 bridgehead atoms. The van der Waals surface area contributed by atoms with E-state index in [1.54, 1.807) is 0 Å². The smallest absolute Gasteiger partial charge is 0.0802 e. The van der Waals surface area contributed by atoms with Gasteiger partial charge in [-0.05, 0) is 55.8 Å². The highest BCUT2D eigenvalue weighted by Gasteiger charge is 2.15. The van der Waals surface area contributed by atoms with E-state index in [1.165, 1.54) is 37.7 Å². The predicted octanol–water partition coefficient (Wildman–Crippen LogP) is 3.13. The maximum Gasteiger partial charge on any atom is 0.0802 e. The van der Waals surface area contributed by atoms with Crippen LogP contribution in [0, 0.1) is 0 Å². The molecule has 21 heavy (non-hydrogen) atoms. The van der Waals surface area contributed by atoms with Crippen molar-refractivity contribution in [2.75, 3.05) is 19.7 Å². The summed E-state index contributed by atoms with van der Waals surface area (Å²) in [5.74, 6) is 0.727. The Balaban J connectivity index is 1.77. The fourth-order valence-corrected chi connectivity index (χ4v) is 3.16. The van der Waals surface area contributed by atoms with Crippen LogP contribution >= 0.6 is 0 Å². The average molecular weight is 291 g/mol. The van der Waals surface area contributed by atoms with Gasteiger partial charge in [-0.25, -0.2) is 0 Å². The van der Waals surface area contributed by atoms with Crippen LogP contribution in [-0.2, 0) is 0 Å². The van der Waals surface area contributed by atoms with Gasteiger partial charge in [0.05, 0.1) is 6.10 Å². The topological polar surface area (TPSA) is 52.5 Å². The molecule has 1 unspecified atom stereocenters. The fourth-order valence-electron chi connectivity index (χ4n) is 3.16. The van der Waals surface area contributed by atoms with E-state index in [0.29, 0.717) is 6.42 Å². The molecule has 0 heterocycles. The third-order valence-corrected chi connectivity index (χ3v) is 4.50. The maximum absolute atomic E-state index is 10.2. The number of hydrogen-bond acceptors (Lipinski definition) is 3. The SMILES string of the molecule is OCCCNCCC(O)c1ccc(C2CCCCC2)cc1. The molecule has 3 N–H and O–H groups in total. The van der Waals surface area contributed by atoms with Gasteiger partial charge in [0.1, 0.15) is 0 Å². The van der Waals surface area contributed by atoms with Crippen LogP contribution in [0.1, 0.15) is 68.1 Å². The highest BCUT2D eigenvalue weighted by Crippen LogP contribution is 2.33. The maximum atomic E-state index is 10.2. The lowest BCUT2D eigenvalue weighted by atomic mass is 9.84. The van der Waals surface area contributed by atoms with Crippen molar-refractivity contribution in [3.8, 4) is 0 Å². The standard InChI is InChI=1S/C18H29NO2/c20-14-4-12-19-13-11-18(21)17-9-7-16(8-10-17)15-5-2-1-3-6-15/h7-10,15,18-21H,1-6,11-14H2. The summed E-state index contributed by atoms with van der Waals surface area (Å²) in [5.41, 5.74) is 2.45. The summed E-state index contributed by atoms with van der Waals surface area (Å²) in [4.78, 5) is 0. The molecular formula is C18H29NO2. The molecule has 3 nitrogen and oxygen atoms in total. The number of aliphatic hydroxyl groups excluding tert-OH is 2. The summed E-state index contributed by atoms with van der Waals surface area (Å²) in [6, 6.07) is 8.58. The Bertz CT molecular complexity index is 385. The number of rotatable bonds is 8. The van der Waals surface area contributed by atoms with Crippen LogP contribution in [0.3, 0.4) is 0 Å². The largest absolute Gasteiger partial charge is 0.396 e. The van der Waals surface area contributed by atoms with Crippen LogP contribution in [0.15, 0.2) is 24.3 Å². The summed E-state index contributed by atoms with van der Waals surface area (Å²) >= 11 is 0. The van der Waals surface area contributed by atoms with E-state index in [1.807, 2.05) is 0 Å². The summed E-state index contributed by atoms with van der Waals surface area (Å²) < 4.78 is 0. The van der Waals surface area contributed by atoms with Crippen molar-refractivity contribution in [3.63, 3.8) is 0 Å². The van der Waals surface area contributed by atoms with Crippen LogP contribution in [0.5, 0.6) is 0 Å². The molecule has 0 aromatic heterocycles. The first-order valence-electron chi connectivity index (χ1n) is 8.40. The molecule has 1 atom stereocenters. The van der Waals surface area contributed by atoms with Gasteiger partial charge in [-0.3, -0.25) is 0 Å². The van der Waals surface area contributed by atoms with Crippen molar-refractivity contribution in [2.45, 2.75) is 57.0 Å². The second-order valence-electron chi connectivity index (χ2n) is 6.13. The summed E-state index contributed by atoms with van der Waals surface area (Å²) in [5, 5.41) is 22.1. The van der Waals surface area contributed by atoms with E-state index < -0.39 is 6.10 Å². The lowest BCUT2D eigenvalue weighted by Gasteiger charge is -2.22. The van der Waals surface area contributed by atoms with Crippen molar-refractivity contribution < 1.29 is 10.2 Å². The van der Waals surface area contributed by atoms with Gasteiger partial charge in [-0.15, -0.1) is 0 Å². The van der Waals surface area contributed by atoms with Crippen molar-refractivity contribution >= 4 is 0 Å². The lowest BCUT2D eigenvalue weighted by Crippen LogP contribution is -2.19. The van der Waals surface area contributed by atoms with Crippen LogP contribution in [0.25, 0.3) is 0 Å². The predicted molar refractivity (Wildman–Crippen MR) is 86.4 cm³/mol. The summed E-state index contributed by atoms with van der Waals surface area (Å²) in [6.07, 6.45) is 7.82. The second-order valence-corrected chi connectivity index (χ2v) is 6.13. The molecule has 1 aliphatic carbocycles. The van der Waals surface area contributed by atoms with Gasteiger partial charge in [0, 0.05) is 6.61 Å². The Kier molecular flexibility index (Phi) is 7.20. The van der Waals surface area contributed by atoms with E-state index in [0.717, 1.165) is 31.0 Å². The molecule has 0 saturated heterocycles. The van der Waals surface area contributed by atoms with Gasteiger partial charge < -0.3 is 15.5 Å². The van der Waals surface area contributed by atoms with Crippen molar-refractivity contribution in [1.29, 1.82) is 0 Å². The number of hydrogen-bond donors (Lipinski definition) is 3. The van der Waals surface area contributed by atoms with Gasteiger partial charge in [-0.2, -0.15) is 0 Å². The molecule has 0 spiro atoms. The van der Waals surface area contributed by atoms with Gasteiger partial charge in [0.15, 0.2) is 0 Å². The molecule has 0 aliphatic heterocycles. The normalized spacial score (nSPS) is 17.8. The number of nitrogens with one attached hydrogen (secondary N) is 1. The average Bonchev–Trinajstić information content (AvgIpc) is 2.55. The molecule has 1 aliphatic rings. The highest BCUT2D eigenvalue weighted by atomic mass is 16.3. The van der Waals surface area contributed by atoms with Crippen molar-refractivity contribution in [1.82, 2.24) is 5.32 Å². The first kappa shape index (κ1) is 16.5. The zero-order valence-corrected chi connectivity index (χ0v) is 12.9. The summed E-state index contributed by atoms with van der Waals surface area (Å²) in [7, 11) is 0. The highest BCUT2D eigenvalue weighted by molar-refractivity contribution is 5.27. The van der Waals surface area contributed by atoms with Crippen LogP contribution in [0.2, 0.25) is 0 Å². The Labute approximate surface area is 128 Å². The van der Waals surface area contributed by atoms with Crippen LogP contribution in [0.4, 0.5) is 0 Å². The second kappa shape index (κ2) is 9.19. The van der Waals surface area contributed by atoms with E-state index in [2.05, 4.69) is 29.6 Å². The molecule has 1 saturated carbocycles. The monoisotopic (exact) mass is 291 g/mol. The van der Waals surface area contributed by atoms with Crippen molar-refractivity contribution in [2.24, 2.45) is 0 Å². The Hall–Kier alpha value is -0.900. The van der Waals surface area contributed by atoms with Crippen LogP contribution in [-0.4, -0.2) is 29.9 Å². The van der Waals surface area contributed by atoms with E-state index in [-0.39, 0.29) is 6.61 Å². The molecule has 0 radical (unpaired) electrons. The zero-order chi connectivity index (χ0) is 14.9. The molecular weight excluding hydrogens is 262 g/mol. The quantitative estimate of drug-likeness (QED) is 0.645. The van der Waals surface area contributed by atoms with Gasteiger partial charge in [0.2, 0.25) is 0 Å². The molecule has 2 rings (SSSR count). The first-order valence-corrected chi connectivity index (χ1v) is 8.40. The molecule has 3 heteroatoms. The molecule has 1 aromatic carbocycles. The zero-order valence-electron chi connectivity index (χ0n) is 12.9. The van der Waals surface area contributed by atoms with Gasteiger partial charge >= 0.3 is 0 Å². The Morgan fingerprint density at radius 2 is 1.76 bits per heavy atom. The molecule has 118 valence electrons. The van der Waals surface area contributed by atoms with Crippen LogP contribution < -0.4 is 5.32 Å². The number of benzene rings is 1. The van der Waals surface area contributed by atoms with Gasteiger partial charge in [0.25, 0.3) is 0 Å². The lowest BCUT2D eigenvalue weighted by molar-refractivity contribution is 0.166. The summed E-state index contributed by atoms with van der Waals surface area (Å²) in [6.45, 7) is 1.81. The minimum atomic E-state index is -0.396. The minimum absolute atomic E-state index is 0.220. The number of aliphatic hydroxyl groups is 2. The third-order valence-electron chi connectivity index (χ3n) is 4.50. The fraction of sp³-hybridized carbons (Fsp3) is 0.667. The molecule has 0 amide bonds. The Morgan fingerprint density at radius 3 is 2.43 bits per heavy atom.